The molecule has 2 fully saturated rings. The third-order valence-corrected chi connectivity index (χ3v) is 5.03. The standard InChI is InChI=1S/C19H27FN4O2/c20-16-5-7-17(8-6-16)22-12-3-13-24(15-14-22)19(26)21-9-2-11-23-10-1-4-18(23)25/h5-8H,1-4,9-15H2,(H,21,26). The van der Waals surface area contributed by atoms with Gasteiger partial charge in [0.15, 0.2) is 0 Å². The van der Waals surface area contributed by atoms with Crippen LogP contribution in [0.2, 0.25) is 0 Å². The van der Waals surface area contributed by atoms with E-state index in [-0.39, 0.29) is 17.8 Å². The predicted molar refractivity (Wildman–Crippen MR) is 98.6 cm³/mol. The van der Waals surface area contributed by atoms with Gasteiger partial charge in [-0.15, -0.1) is 0 Å². The number of hydrogen-bond acceptors (Lipinski definition) is 3. The van der Waals surface area contributed by atoms with E-state index in [0.29, 0.717) is 26.1 Å². The van der Waals surface area contributed by atoms with Crippen LogP contribution >= 0.6 is 0 Å². The van der Waals surface area contributed by atoms with E-state index in [0.717, 1.165) is 51.1 Å². The van der Waals surface area contributed by atoms with Crippen LogP contribution in [-0.2, 0) is 4.79 Å². The number of carbonyl (C=O) groups excluding carboxylic acids is 2. The Morgan fingerprint density at radius 3 is 2.58 bits per heavy atom. The second kappa shape index (κ2) is 8.87. The number of hydrogen-bond donors (Lipinski definition) is 1. The maximum atomic E-state index is 13.1. The highest BCUT2D eigenvalue weighted by Gasteiger charge is 2.21. The zero-order chi connectivity index (χ0) is 18.4. The van der Waals surface area contributed by atoms with Crippen LogP contribution in [0.15, 0.2) is 24.3 Å². The van der Waals surface area contributed by atoms with E-state index < -0.39 is 0 Å². The van der Waals surface area contributed by atoms with Gasteiger partial charge in [-0.1, -0.05) is 0 Å². The molecule has 1 aromatic carbocycles. The van der Waals surface area contributed by atoms with Gasteiger partial charge in [-0.3, -0.25) is 4.79 Å². The van der Waals surface area contributed by atoms with Crippen molar-refractivity contribution in [2.75, 3.05) is 50.7 Å². The lowest BCUT2D eigenvalue weighted by Crippen LogP contribution is -2.43. The molecule has 26 heavy (non-hydrogen) atoms. The van der Waals surface area contributed by atoms with Gasteiger partial charge in [-0.05, 0) is 43.5 Å². The molecule has 7 heteroatoms. The second-order valence-electron chi connectivity index (χ2n) is 6.87. The lowest BCUT2D eigenvalue weighted by atomic mass is 10.2. The Hall–Kier alpha value is -2.31. The molecule has 2 aliphatic rings. The molecule has 2 saturated heterocycles. The number of benzene rings is 1. The van der Waals surface area contributed by atoms with E-state index in [1.807, 2.05) is 9.80 Å². The summed E-state index contributed by atoms with van der Waals surface area (Å²) >= 11 is 0. The first kappa shape index (κ1) is 18.5. The summed E-state index contributed by atoms with van der Waals surface area (Å²) in [5.41, 5.74) is 0.990. The zero-order valence-electron chi connectivity index (χ0n) is 15.1. The van der Waals surface area contributed by atoms with E-state index in [4.69, 9.17) is 0 Å². The topological polar surface area (TPSA) is 55.9 Å². The lowest BCUT2D eigenvalue weighted by molar-refractivity contribution is -0.127. The Labute approximate surface area is 153 Å². The van der Waals surface area contributed by atoms with Crippen molar-refractivity contribution >= 4 is 17.6 Å². The monoisotopic (exact) mass is 362 g/mol. The summed E-state index contributed by atoms with van der Waals surface area (Å²) in [7, 11) is 0. The van der Waals surface area contributed by atoms with Crippen molar-refractivity contribution in [3.8, 4) is 0 Å². The highest BCUT2D eigenvalue weighted by molar-refractivity contribution is 5.78. The third-order valence-electron chi connectivity index (χ3n) is 5.03. The van der Waals surface area contributed by atoms with E-state index >= 15 is 0 Å². The molecule has 0 spiro atoms. The summed E-state index contributed by atoms with van der Waals surface area (Å²) in [5, 5.41) is 2.96. The van der Waals surface area contributed by atoms with Gasteiger partial charge < -0.3 is 20.0 Å². The molecule has 0 aliphatic carbocycles. The van der Waals surface area contributed by atoms with Gasteiger partial charge in [-0.2, -0.15) is 0 Å². The number of nitrogens with zero attached hydrogens (tertiary/aromatic N) is 3. The first-order valence-corrected chi connectivity index (χ1v) is 9.44. The summed E-state index contributed by atoms with van der Waals surface area (Å²) in [4.78, 5) is 29.8. The van der Waals surface area contributed by atoms with Crippen molar-refractivity contribution < 1.29 is 14.0 Å². The quantitative estimate of drug-likeness (QED) is 0.816. The number of rotatable bonds is 5. The molecular formula is C19H27FN4O2. The highest BCUT2D eigenvalue weighted by Crippen LogP contribution is 2.17. The number of urea groups is 1. The molecule has 0 atom stereocenters. The second-order valence-corrected chi connectivity index (χ2v) is 6.87. The molecule has 2 aliphatic heterocycles. The van der Waals surface area contributed by atoms with Gasteiger partial charge in [0.05, 0.1) is 0 Å². The van der Waals surface area contributed by atoms with Crippen molar-refractivity contribution in [2.45, 2.75) is 25.7 Å². The molecular weight excluding hydrogens is 335 g/mol. The van der Waals surface area contributed by atoms with Crippen LogP contribution in [-0.4, -0.2) is 67.6 Å². The molecule has 142 valence electrons. The predicted octanol–water partition coefficient (Wildman–Crippen LogP) is 2.06. The van der Waals surface area contributed by atoms with Gasteiger partial charge in [0.1, 0.15) is 5.82 Å². The Bertz CT molecular complexity index is 622. The van der Waals surface area contributed by atoms with Crippen LogP contribution < -0.4 is 10.2 Å². The van der Waals surface area contributed by atoms with Gasteiger partial charge >= 0.3 is 6.03 Å². The van der Waals surface area contributed by atoms with Crippen LogP contribution in [0.5, 0.6) is 0 Å². The molecule has 6 nitrogen and oxygen atoms in total. The summed E-state index contributed by atoms with van der Waals surface area (Å²) in [6, 6.07) is 6.46. The largest absolute Gasteiger partial charge is 0.370 e. The molecule has 3 rings (SSSR count). The summed E-state index contributed by atoms with van der Waals surface area (Å²) < 4.78 is 13.1. The molecule has 1 aromatic rings. The normalized spacial score (nSPS) is 18.2. The lowest BCUT2D eigenvalue weighted by Gasteiger charge is -2.24. The average molecular weight is 362 g/mol. The van der Waals surface area contributed by atoms with E-state index in [9.17, 15) is 14.0 Å². The minimum absolute atomic E-state index is 0.0429. The summed E-state index contributed by atoms with van der Waals surface area (Å²) in [5.74, 6) is -0.00932. The molecule has 3 amide bonds. The Morgan fingerprint density at radius 2 is 1.85 bits per heavy atom. The fourth-order valence-corrected chi connectivity index (χ4v) is 3.55. The molecule has 0 bridgehead atoms. The Balaban J connectivity index is 1.39. The third kappa shape index (κ3) is 4.86. The van der Waals surface area contributed by atoms with Gasteiger partial charge in [0.25, 0.3) is 0 Å². The first-order chi connectivity index (χ1) is 12.6. The number of amides is 3. The molecule has 2 heterocycles. The van der Waals surface area contributed by atoms with Crippen LogP contribution in [0.4, 0.5) is 14.9 Å². The molecule has 1 N–H and O–H groups in total. The Morgan fingerprint density at radius 1 is 1.04 bits per heavy atom. The average Bonchev–Trinajstić information content (AvgIpc) is 2.90. The number of nitrogens with one attached hydrogen (secondary N) is 1. The summed E-state index contributed by atoms with van der Waals surface area (Å²) in [6.07, 6.45) is 3.27. The van der Waals surface area contributed by atoms with Crippen molar-refractivity contribution in [3.05, 3.63) is 30.1 Å². The number of likely N-dealkylation sites (tertiary alicyclic amines) is 1. The minimum Gasteiger partial charge on any atom is -0.370 e. The maximum Gasteiger partial charge on any atom is 0.317 e. The SMILES string of the molecule is O=C1CCCN1CCCNC(=O)N1CCCN(c2ccc(F)cc2)CC1. The van der Waals surface area contributed by atoms with E-state index in [2.05, 4.69) is 10.2 Å². The van der Waals surface area contributed by atoms with Crippen LogP contribution in [0.1, 0.15) is 25.7 Å². The number of anilines is 1. The number of carbonyl (C=O) groups is 2. The van der Waals surface area contributed by atoms with Crippen molar-refractivity contribution in [3.63, 3.8) is 0 Å². The first-order valence-electron chi connectivity index (χ1n) is 9.44. The minimum atomic E-state index is -0.236. The summed E-state index contributed by atoms with van der Waals surface area (Å²) in [6.45, 7) is 5.10. The van der Waals surface area contributed by atoms with Crippen LogP contribution in [0.3, 0.4) is 0 Å². The fraction of sp³-hybridized carbons (Fsp3) is 0.579. The number of halogens is 1. The zero-order valence-corrected chi connectivity index (χ0v) is 15.1. The molecule has 0 radical (unpaired) electrons. The molecule has 0 saturated carbocycles. The Kier molecular flexibility index (Phi) is 6.30. The molecule has 0 unspecified atom stereocenters. The van der Waals surface area contributed by atoms with E-state index in [1.165, 1.54) is 12.1 Å². The van der Waals surface area contributed by atoms with Gasteiger partial charge in [-0.25, -0.2) is 9.18 Å². The van der Waals surface area contributed by atoms with Crippen LogP contribution in [0.25, 0.3) is 0 Å². The molecule has 0 aromatic heterocycles. The van der Waals surface area contributed by atoms with E-state index in [1.54, 1.807) is 12.1 Å². The van der Waals surface area contributed by atoms with Crippen molar-refractivity contribution in [1.29, 1.82) is 0 Å². The maximum absolute atomic E-state index is 13.1. The van der Waals surface area contributed by atoms with Crippen molar-refractivity contribution in [2.24, 2.45) is 0 Å². The smallest absolute Gasteiger partial charge is 0.317 e. The van der Waals surface area contributed by atoms with Crippen molar-refractivity contribution in [1.82, 2.24) is 15.1 Å². The van der Waals surface area contributed by atoms with Gasteiger partial charge in [0.2, 0.25) is 5.91 Å². The van der Waals surface area contributed by atoms with Gasteiger partial charge in [0, 0.05) is 57.9 Å². The highest BCUT2D eigenvalue weighted by atomic mass is 19.1. The fourth-order valence-electron chi connectivity index (χ4n) is 3.55. The van der Waals surface area contributed by atoms with Crippen LogP contribution in [0, 0.1) is 5.82 Å².